The first kappa shape index (κ1) is 15.7. The van der Waals surface area contributed by atoms with Gasteiger partial charge in [0.2, 0.25) is 0 Å². The second-order valence-corrected chi connectivity index (χ2v) is 5.83. The molecule has 0 amide bonds. The van der Waals surface area contributed by atoms with Crippen molar-refractivity contribution in [3.8, 4) is 0 Å². The molecule has 1 unspecified atom stereocenters. The summed E-state index contributed by atoms with van der Waals surface area (Å²) in [5.41, 5.74) is 10.4. The number of benzene rings is 1. The molecule has 0 radical (unpaired) electrons. The second kappa shape index (κ2) is 6.41. The van der Waals surface area contributed by atoms with Crippen LogP contribution in [0.5, 0.6) is 0 Å². The quantitative estimate of drug-likeness (QED) is 0.656. The molecule has 1 aromatic carbocycles. The van der Waals surface area contributed by atoms with Crippen molar-refractivity contribution in [1.29, 1.82) is 0 Å². The Kier molecular flexibility index (Phi) is 4.80. The van der Waals surface area contributed by atoms with Crippen LogP contribution in [0.1, 0.15) is 46.6 Å². The monoisotopic (exact) mass is 286 g/mol. The van der Waals surface area contributed by atoms with E-state index in [1.165, 1.54) is 27.9 Å². The van der Waals surface area contributed by atoms with Gasteiger partial charge in [0, 0.05) is 18.7 Å². The number of rotatable bonds is 5. The summed E-state index contributed by atoms with van der Waals surface area (Å²) in [6, 6.07) is 6.68. The zero-order valence-corrected chi connectivity index (χ0v) is 13.7. The molecule has 0 aliphatic carbocycles. The van der Waals surface area contributed by atoms with Crippen LogP contribution in [0, 0.1) is 27.7 Å². The molecule has 0 fully saturated rings. The molecule has 1 aromatic heterocycles. The summed E-state index contributed by atoms with van der Waals surface area (Å²) in [6.07, 6.45) is 0.843. The summed E-state index contributed by atoms with van der Waals surface area (Å²) in [5, 5.41) is 4.52. The van der Waals surface area contributed by atoms with Crippen molar-refractivity contribution in [3.63, 3.8) is 0 Å². The number of nitrogens with two attached hydrogens (primary N) is 1. The van der Waals surface area contributed by atoms with Crippen LogP contribution >= 0.6 is 0 Å². The average Bonchev–Trinajstić information content (AvgIpc) is 2.76. The van der Waals surface area contributed by atoms with E-state index in [1.807, 2.05) is 6.92 Å². The van der Waals surface area contributed by atoms with Gasteiger partial charge < -0.3 is 0 Å². The summed E-state index contributed by atoms with van der Waals surface area (Å²) in [4.78, 5) is 0. The van der Waals surface area contributed by atoms with Crippen LogP contribution in [0.15, 0.2) is 18.2 Å². The largest absolute Gasteiger partial charge is 0.271 e. The van der Waals surface area contributed by atoms with Gasteiger partial charge in [0.1, 0.15) is 0 Å². The standard InChI is InChI=1S/C17H26N4/c1-6-21-15(9-14(5)20-21)10-16(19-18)17-12(3)7-11(2)8-13(17)4/h7-9,16,19H,6,10,18H2,1-5H3. The lowest BCUT2D eigenvalue weighted by atomic mass is 9.92. The van der Waals surface area contributed by atoms with Gasteiger partial charge >= 0.3 is 0 Å². The summed E-state index contributed by atoms with van der Waals surface area (Å²) >= 11 is 0. The molecule has 0 spiro atoms. The molecule has 114 valence electrons. The van der Waals surface area contributed by atoms with Crippen LogP contribution in [0.2, 0.25) is 0 Å². The lowest BCUT2D eigenvalue weighted by Gasteiger charge is -2.22. The molecule has 4 heteroatoms. The highest BCUT2D eigenvalue weighted by atomic mass is 15.3. The molecule has 0 bridgehead atoms. The van der Waals surface area contributed by atoms with Crippen LogP contribution < -0.4 is 11.3 Å². The van der Waals surface area contributed by atoms with Gasteiger partial charge in [0.05, 0.1) is 11.7 Å². The molecule has 1 atom stereocenters. The molecule has 4 nitrogen and oxygen atoms in total. The number of nitrogens with zero attached hydrogens (tertiary/aromatic N) is 2. The molecular formula is C17H26N4. The third-order valence-corrected chi connectivity index (χ3v) is 3.99. The Balaban J connectivity index is 2.36. The van der Waals surface area contributed by atoms with E-state index in [9.17, 15) is 0 Å². The number of hydrogen-bond donors (Lipinski definition) is 2. The minimum Gasteiger partial charge on any atom is -0.271 e. The van der Waals surface area contributed by atoms with Crippen LogP contribution in [-0.2, 0) is 13.0 Å². The van der Waals surface area contributed by atoms with E-state index in [0.717, 1.165) is 18.7 Å². The topological polar surface area (TPSA) is 55.9 Å². The normalized spacial score (nSPS) is 12.7. The zero-order valence-electron chi connectivity index (χ0n) is 13.7. The first-order chi connectivity index (χ1) is 9.96. The van der Waals surface area contributed by atoms with E-state index in [-0.39, 0.29) is 6.04 Å². The maximum absolute atomic E-state index is 5.85. The number of aryl methyl sites for hydroxylation is 5. The van der Waals surface area contributed by atoms with E-state index < -0.39 is 0 Å². The third-order valence-electron chi connectivity index (χ3n) is 3.99. The zero-order chi connectivity index (χ0) is 15.6. The Labute approximate surface area is 127 Å². The average molecular weight is 286 g/mol. The van der Waals surface area contributed by atoms with Crippen molar-refractivity contribution >= 4 is 0 Å². The fourth-order valence-corrected chi connectivity index (χ4v) is 3.23. The minimum atomic E-state index is 0.104. The van der Waals surface area contributed by atoms with Gasteiger partial charge in [-0.3, -0.25) is 16.0 Å². The summed E-state index contributed by atoms with van der Waals surface area (Å²) in [5.74, 6) is 5.85. The Morgan fingerprint density at radius 1 is 1.14 bits per heavy atom. The fraction of sp³-hybridized carbons (Fsp3) is 0.471. The molecule has 1 heterocycles. The van der Waals surface area contributed by atoms with Crippen molar-refractivity contribution < 1.29 is 0 Å². The van der Waals surface area contributed by atoms with Gasteiger partial charge in [-0.25, -0.2) is 0 Å². The van der Waals surface area contributed by atoms with E-state index in [4.69, 9.17) is 5.84 Å². The SMILES string of the molecule is CCn1nc(C)cc1CC(NN)c1c(C)cc(C)cc1C. The smallest absolute Gasteiger partial charge is 0.0596 e. The van der Waals surface area contributed by atoms with Gasteiger partial charge in [-0.05, 0) is 57.4 Å². The van der Waals surface area contributed by atoms with Crippen molar-refractivity contribution in [2.24, 2.45) is 5.84 Å². The van der Waals surface area contributed by atoms with Crippen molar-refractivity contribution in [1.82, 2.24) is 15.2 Å². The molecule has 0 aliphatic rings. The lowest BCUT2D eigenvalue weighted by molar-refractivity contribution is 0.513. The predicted octanol–water partition coefficient (Wildman–Crippen LogP) is 2.88. The molecule has 3 N–H and O–H groups in total. The summed E-state index contributed by atoms with van der Waals surface area (Å²) in [7, 11) is 0. The van der Waals surface area contributed by atoms with Gasteiger partial charge in [0.15, 0.2) is 0 Å². The highest BCUT2D eigenvalue weighted by molar-refractivity contribution is 5.40. The van der Waals surface area contributed by atoms with E-state index in [2.05, 4.69) is 61.1 Å². The highest BCUT2D eigenvalue weighted by Crippen LogP contribution is 2.26. The Morgan fingerprint density at radius 2 is 1.76 bits per heavy atom. The van der Waals surface area contributed by atoms with Crippen LogP contribution in [-0.4, -0.2) is 9.78 Å². The first-order valence-corrected chi connectivity index (χ1v) is 7.53. The van der Waals surface area contributed by atoms with Crippen LogP contribution in [0.3, 0.4) is 0 Å². The van der Waals surface area contributed by atoms with Crippen molar-refractivity contribution in [2.75, 3.05) is 0 Å². The van der Waals surface area contributed by atoms with Crippen molar-refractivity contribution in [2.45, 2.75) is 53.6 Å². The number of hydrazine groups is 1. The number of aromatic nitrogens is 2. The second-order valence-electron chi connectivity index (χ2n) is 5.83. The Bertz CT molecular complexity index is 605. The van der Waals surface area contributed by atoms with Gasteiger partial charge in [-0.1, -0.05) is 17.7 Å². The van der Waals surface area contributed by atoms with E-state index in [0.29, 0.717) is 0 Å². The number of hydrogen-bond acceptors (Lipinski definition) is 3. The molecule has 2 aromatic rings. The summed E-state index contributed by atoms with van der Waals surface area (Å²) < 4.78 is 2.05. The van der Waals surface area contributed by atoms with E-state index in [1.54, 1.807) is 0 Å². The van der Waals surface area contributed by atoms with E-state index >= 15 is 0 Å². The highest BCUT2D eigenvalue weighted by Gasteiger charge is 2.18. The van der Waals surface area contributed by atoms with Gasteiger partial charge in [-0.2, -0.15) is 5.10 Å². The van der Waals surface area contributed by atoms with Crippen molar-refractivity contribution in [3.05, 3.63) is 51.8 Å². The lowest BCUT2D eigenvalue weighted by Crippen LogP contribution is -2.31. The molecule has 21 heavy (non-hydrogen) atoms. The molecule has 2 rings (SSSR count). The first-order valence-electron chi connectivity index (χ1n) is 7.53. The third kappa shape index (κ3) is 3.34. The maximum Gasteiger partial charge on any atom is 0.0596 e. The molecule has 0 saturated carbocycles. The predicted molar refractivity (Wildman–Crippen MR) is 87.1 cm³/mol. The summed E-state index contributed by atoms with van der Waals surface area (Å²) in [6.45, 7) is 11.5. The van der Waals surface area contributed by atoms with Gasteiger partial charge in [-0.15, -0.1) is 0 Å². The van der Waals surface area contributed by atoms with Crippen LogP contribution in [0.4, 0.5) is 0 Å². The Hall–Kier alpha value is -1.65. The fourth-order valence-electron chi connectivity index (χ4n) is 3.23. The molecular weight excluding hydrogens is 260 g/mol. The van der Waals surface area contributed by atoms with Crippen LogP contribution in [0.25, 0.3) is 0 Å². The maximum atomic E-state index is 5.85. The number of nitrogens with one attached hydrogen (secondary N) is 1. The minimum absolute atomic E-state index is 0.104. The Morgan fingerprint density at radius 3 is 2.29 bits per heavy atom. The molecule has 0 saturated heterocycles. The van der Waals surface area contributed by atoms with Gasteiger partial charge in [0.25, 0.3) is 0 Å². The molecule has 0 aliphatic heterocycles.